The third kappa shape index (κ3) is 2.46. The highest BCUT2D eigenvalue weighted by Crippen LogP contribution is 2.31. The minimum Gasteiger partial charge on any atom is -0.409 e. The molecule has 0 aromatic heterocycles. The average Bonchev–Trinajstić information content (AvgIpc) is 2.65. The molecule has 0 aromatic rings. The molecule has 1 saturated carbocycles. The van der Waals surface area contributed by atoms with E-state index in [0.717, 1.165) is 25.7 Å². The number of oxime groups is 1. The lowest BCUT2D eigenvalue weighted by atomic mass is 9.90. The van der Waals surface area contributed by atoms with Crippen molar-refractivity contribution in [3.63, 3.8) is 0 Å². The van der Waals surface area contributed by atoms with Crippen molar-refractivity contribution in [1.82, 2.24) is 5.32 Å². The molecule has 0 unspecified atom stereocenters. The first-order chi connectivity index (χ1) is 7.32. The molecule has 0 bridgehead atoms. The number of carbonyl (C=O) groups is 1. The third-order valence-corrected chi connectivity index (χ3v) is 3.09. The highest BCUT2D eigenvalue weighted by molar-refractivity contribution is 5.95. The van der Waals surface area contributed by atoms with Gasteiger partial charge in [-0.25, -0.2) is 0 Å². The molecule has 1 aliphatic carbocycles. The Bertz CT molecular complexity index is 299. The zero-order valence-corrected chi connectivity index (χ0v) is 10.2. The average molecular weight is 227 g/mol. The van der Waals surface area contributed by atoms with Gasteiger partial charge >= 0.3 is 0 Å². The van der Waals surface area contributed by atoms with Crippen LogP contribution in [-0.2, 0) is 4.79 Å². The van der Waals surface area contributed by atoms with Crippen LogP contribution in [0.1, 0.15) is 46.5 Å². The van der Waals surface area contributed by atoms with Crippen molar-refractivity contribution < 1.29 is 10.0 Å². The Morgan fingerprint density at radius 1 is 1.38 bits per heavy atom. The third-order valence-electron chi connectivity index (χ3n) is 3.09. The summed E-state index contributed by atoms with van der Waals surface area (Å²) >= 11 is 0. The molecular weight excluding hydrogens is 206 g/mol. The standard InChI is InChI=1S/C11H21N3O2/c1-10(2,3)9(15)13-11(8(12)14-16)6-4-5-7-11/h16H,4-7H2,1-3H3,(H2,12,14)(H,13,15). The summed E-state index contributed by atoms with van der Waals surface area (Å²) in [5, 5.41) is 14.8. The van der Waals surface area contributed by atoms with E-state index in [0.29, 0.717) is 0 Å². The van der Waals surface area contributed by atoms with Crippen molar-refractivity contribution in [2.75, 3.05) is 0 Å². The van der Waals surface area contributed by atoms with E-state index in [2.05, 4.69) is 10.5 Å². The van der Waals surface area contributed by atoms with Crippen molar-refractivity contribution in [2.45, 2.75) is 52.0 Å². The number of nitrogens with one attached hydrogen (secondary N) is 1. The van der Waals surface area contributed by atoms with Crippen LogP contribution in [0.25, 0.3) is 0 Å². The van der Waals surface area contributed by atoms with Crippen LogP contribution in [0.15, 0.2) is 5.16 Å². The molecule has 1 rings (SSSR count). The van der Waals surface area contributed by atoms with Crippen LogP contribution in [0.5, 0.6) is 0 Å². The van der Waals surface area contributed by atoms with Gasteiger partial charge in [-0.05, 0) is 12.8 Å². The van der Waals surface area contributed by atoms with E-state index < -0.39 is 11.0 Å². The molecule has 5 nitrogen and oxygen atoms in total. The van der Waals surface area contributed by atoms with Gasteiger partial charge in [0.15, 0.2) is 5.84 Å². The molecule has 0 radical (unpaired) electrons. The first-order valence-electron chi connectivity index (χ1n) is 5.62. The summed E-state index contributed by atoms with van der Waals surface area (Å²) in [5.41, 5.74) is 4.58. The van der Waals surface area contributed by atoms with E-state index in [1.54, 1.807) is 0 Å². The summed E-state index contributed by atoms with van der Waals surface area (Å²) in [6.45, 7) is 5.53. The summed E-state index contributed by atoms with van der Waals surface area (Å²) in [5.74, 6) is 0.0450. The predicted molar refractivity (Wildman–Crippen MR) is 62.2 cm³/mol. The molecule has 16 heavy (non-hydrogen) atoms. The van der Waals surface area contributed by atoms with Gasteiger partial charge in [0, 0.05) is 5.41 Å². The Hall–Kier alpha value is -1.26. The number of hydrogen-bond acceptors (Lipinski definition) is 3. The van der Waals surface area contributed by atoms with Crippen molar-refractivity contribution in [2.24, 2.45) is 16.3 Å². The van der Waals surface area contributed by atoms with Crippen LogP contribution < -0.4 is 11.1 Å². The zero-order chi connectivity index (χ0) is 12.4. The number of amidine groups is 1. The fourth-order valence-corrected chi connectivity index (χ4v) is 1.92. The van der Waals surface area contributed by atoms with E-state index in [4.69, 9.17) is 10.9 Å². The smallest absolute Gasteiger partial charge is 0.226 e. The maximum Gasteiger partial charge on any atom is 0.226 e. The van der Waals surface area contributed by atoms with E-state index in [1.165, 1.54) is 0 Å². The molecule has 92 valence electrons. The number of nitrogens with zero attached hydrogens (tertiary/aromatic N) is 1. The number of hydrogen-bond donors (Lipinski definition) is 3. The largest absolute Gasteiger partial charge is 0.409 e. The van der Waals surface area contributed by atoms with Gasteiger partial charge < -0.3 is 16.3 Å². The Morgan fingerprint density at radius 3 is 2.25 bits per heavy atom. The van der Waals surface area contributed by atoms with Crippen molar-refractivity contribution in [3.05, 3.63) is 0 Å². The minimum absolute atomic E-state index is 0.0685. The second-order valence-electron chi connectivity index (χ2n) is 5.48. The fourth-order valence-electron chi connectivity index (χ4n) is 1.92. The molecule has 0 aromatic carbocycles. The fraction of sp³-hybridized carbons (Fsp3) is 0.818. The van der Waals surface area contributed by atoms with Crippen molar-refractivity contribution >= 4 is 11.7 Å². The van der Waals surface area contributed by atoms with Gasteiger partial charge in [0.1, 0.15) is 5.54 Å². The van der Waals surface area contributed by atoms with Crippen LogP contribution >= 0.6 is 0 Å². The number of amides is 1. The summed E-state index contributed by atoms with van der Waals surface area (Å²) in [6, 6.07) is 0. The van der Waals surface area contributed by atoms with E-state index in [1.807, 2.05) is 20.8 Å². The minimum atomic E-state index is -0.640. The topological polar surface area (TPSA) is 87.7 Å². The summed E-state index contributed by atoms with van der Waals surface area (Å²) in [7, 11) is 0. The molecular formula is C11H21N3O2. The molecule has 0 spiro atoms. The number of carbonyl (C=O) groups excluding carboxylic acids is 1. The normalized spacial score (nSPS) is 20.8. The lowest BCUT2D eigenvalue weighted by molar-refractivity contribution is -0.129. The van der Waals surface area contributed by atoms with Crippen LogP contribution in [0.2, 0.25) is 0 Å². The molecule has 1 fully saturated rings. The van der Waals surface area contributed by atoms with E-state index in [-0.39, 0.29) is 11.7 Å². The highest BCUT2D eigenvalue weighted by Gasteiger charge is 2.41. The Kier molecular flexibility index (Phi) is 3.45. The Balaban J connectivity index is 2.85. The van der Waals surface area contributed by atoms with Gasteiger partial charge in [-0.3, -0.25) is 4.79 Å². The maximum atomic E-state index is 11.9. The number of nitrogens with two attached hydrogens (primary N) is 1. The lowest BCUT2D eigenvalue weighted by Crippen LogP contribution is -2.58. The van der Waals surface area contributed by atoms with Crippen molar-refractivity contribution in [1.29, 1.82) is 0 Å². The summed E-state index contributed by atoms with van der Waals surface area (Å²) in [4.78, 5) is 11.9. The molecule has 0 aliphatic heterocycles. The van der Waals surface area contributed by atoms with E-state index in [9.17, 15) is 4.79 Å². The molecule has 5 heteroatoms. The Morgan fingerprint density at radius 2 is 1.88 bits per heavy atom. The van der Waals surface area contributed by atoms with Gasteiger partial charge in [-0.15, -0.1) is 0 Å². The Labute approximate surface area is 96.1 Å². The quantitative estimate of drug-likeness (QED) is 0.287. The summed E-state index contributed by atoms with van der Waals surface area (Å²) < 4.78 is 0. The lowest BCUT2D eigenvalue weighted by Gasteiger charge is -2.32. The molecule has 0 heterocycles. The van der Waals surface area contributed by atoms with Crippen LogP contribution in [0.4, 0.5) is 0 Å². The SMILES string of the molecule is CC(C)(C)C(=O)NC1(/C(N)=N/O)CCCC1. The van der Waals surface area contributed by atoms with Gasteiger partial charge in [0.2, 0.25) is 5.91 Å². The maximum absolute atomic E-state index is 11.9. The van der Waals surface area contributed by atoms with Gasteiger partial charge in [-0.1, -0.05) is 38.8 Å². The monoisotopic (exact) mass is 227 g/mol. The first kappa shape index (κ1) is 12.8. The summed E-state index contributed by atoms with van der Waals surface area (Å²) in [6.07, 6.45) is 3.46. The van der Waals surface area contributed by atoms with Crippen LogP contribution in [-0.4, -0.2) is 22.5 Å². The molecule has 0 saturated heterocycles. The van der Waals surface area contributed by atoms with Crippen molar-refractivity contribution in [3.8, 4) is 0 Å². The second kappa shape index (κ2) is 4.31. The number of rotatable bonds is 2. The molecule has 4 N–H and O–H groups in total. The highest BCUT2D eigenvalue weighted by atomic mass is 16.4. The first-order valence-corrected chi connectivity index (χ1v) is 5.62. The molecule has 1 amide bonds. The van der Waals surface area contributed by atoms with E-state index >= 15 is 0 Å². The molecule has 0 atom stereocenters. The van der Waals surface area contributed by atoms with Crippen LogP contribution in [0.3, 0.4) is 0 Å². The van der Waals surface area contributed by atoms with Crippen LogP contribution in [0, 0.1) is 5.41 Å². The van der Waals surface area contributed by atoms with Gasteiger partial charge in [0.05, 0.1) is 0 Å². The molecule has 1 aliphatic rings. The van der Waals surface area contributed by atoms with Gasteiger partial charge in [0.25, 0.3) is 0 Å². The predicted octanol–water partition coefficient (Wildman–Crippen LogP) is 1.21. The zero-order valence-electron chi connectivity index (χ0n) is 10.2. The second-order valence-corrected chi connectivity index (χ2v) is 5.48. The van der Waals surface area contributed by atoms with Gasteiger partial charge in [-0.2, -0.15) is 0 Å².